The van der Waals surface area contributed by atoms with E-state index in [0.717, 1.165) is 31.1 Å². The summed E-state index contributed by atoms with van der Waals surface area (Å²) in [6.45, 7) is 0.112. The second-order valence-electron chi connectivity index (χ2n) is 7.48. The number of nitrogens with one attached hydrogen (secondary N) is 1. The lowest BCUT2D eigenvalue weighted by molar-refractivity contribution is -0.122. The van der Waals surface area contributed by atoms with Crippen LogP contribution in [-0.4, -0.2) is 35.2 Å². The molecule has 4 rings (SSSR count). The van der Waals surface area contributed by atoms with Crippen LogP contribution >= 0.6 is 0 Å². The van der Waals surface area contributed by atoms with E-state index >= 15 is 0 Å². The third kappa shape index (κ3) is 3.46. The van der Waals surface area contributed by atoms with E-state index in [0.29, 0.717) is 16.5 Å². The van der Waals surface area contributed by atoms with Gasteiger partial charge >= 0.3 is 0 Å². The minimum absolute atomic E-state index is 0.0837. The third-order valence-electron chi connectivity index (χ3n) is 5.64. The largest absolute Gasteiger partial charge is 0.353 e. The number of nitrogens with zero attached hydrogens (tertiary/aromatic N) is 1. The van der Waals surface area contributed by atoms with Crippen LogP contribution in [0.1, 0.15) is 65.7 Å². The van der Waals surface area contributed by atoms with Gasteiger partial charge in [-0.2, -0.15) is 0 Å². The topological polar surface area (TPSA) is 66.5 Å². The average Bonchev–Trinajstić information content (AvgIpc) is 2.94. The lowest BCUT2D eigenvalue weighted by Crippen LogP contribution is -2.43. The molecule has 1 saturated carbocycles. The summed E-state index contributed by atoms with van der Waals surface area (Å²) in [6.07, 6.45) is 6.93. The molecule has 27 heavy (non-hydrogen) atoms. The first-order chi connectivity index (χ1) is 13.1. The van der Waals surface area contributed by atoms with Crippen LogP contribution in [0.5, 0.6) is 0 Å². The number of hydrogen-bond donors (Lipinski definition) is 1. The third-order valence-corrected chi connectivity index (χ3v) is 5.64. The minimum Gasteiger partial charge on any atom is -0.353 e. The molecule has 5 nitrogen and oxygen atoms in total. The molecule has 0 radical (unpaired) electrons. The van der Waals surface area contributed by atoms with Gasteiger partial charge in [-0.3, -0.25) is 19.3 Å². The van der Waals surface area contributed by atoms with Crippen molar-refractivity contribution < 1.29 is 14.4 Å². The number of amides is 3. The fraction of sp³-hybridized carbons (Fsp3) is 0.409. The van der Waals surface area contributed by atoms with Gasteiger partial charge in [0.15, 0.2) is 0 Å². The molecule has 5 heteroatoms. The highest BCUT2D eigenvalue weighted by atomic mass is 16.2. The Hall–Kier alpha value is -2.69. The fourth-order valence-corrected chi connectivity index (χ4v) is 4.22. The quantitative estimate of drug-likeness (QED) is 0.665. The predicted octanol–water partition coefficient (Wildman–Crippen LogP) is 3.66. The Kier molecular flexibility index (Phi) is 4.92. The first-order valence-electron chi connectivity index (χ1n) is 9.82. The van der Waals surface area contributed by atoms with Crippen molar-refractivity contribution in [3.63, 3.8) is 0 Å². The van der Waals surface area contributed by atoms with Crippen molar-refractivity contribution in [2.24, 2.45) is 0 Å². The molecule has 0 saturated heterocycles. The highest BCUT2D eigenvalue weighted by molar-refractivity contribution is 6.25. The van der Waals surface area contributed by atoms with Gasteiger partial charge in [-0.1, -0.05) is 49.9 Å². The Balaban J connectivity index is 1.46. The van der Waals surface area contributed by atoms with Gasteiger partial charge in [-0.05, 0) is 30.4 Å². The van der Waals surface area contributed by atoms with Crippen molar-refractivity contribution in [1.82, 2.24) is 10.2 Å². The summed E-state index contributed by atoms with van der Waals surface area (Å²) >= 11 is 0. The lowest BCUT2D eigenvalue weighted by Gasteiger charge is -2.27. The van der Waals surface area contributed by atoms with Gasteiger partial charge in [-0.25, -0.2) is 0 Å². The number of rotatable bonds is 4. The van der Waals surface area contributed by atoms with Crippen LogP contribution in [0, 0.1) is 0 Å². The Bertz CT molecular complexity index is 847. The van der Waals surface area contributed by atoms with E-state index in [1.165, 1.54) is 17.7 Å². The summed E-state index contributed by atoms with van der Waals surface area (Å²) in [6, 6.07) is 11.2. The van der Waals surface area contributed by atoms with Crippen LogP contribution in [0.4, 0.5) is 0 Å². The van der Waals surface area contributed by atoms with E-state index < -0.39 is 0 Å². The molecule has 1 aliphatic heterocycles. The molecule has 1 N–H and O–H groups in total. The lowest BCUT2D eigenvalue weighted by atomic mass is 9.94. The van der Waals surface area contributed by atoms with Gasteiger partial charge < -0.3 is 5.32 Å². The van der Waals surface area contributed by atoms with Crippen LogP contribution < -0.4 is 5.32 Å². The molecule has 3 amide bonds. The van der Waals surface area contributed by atoms with Gasteiger partial charge in [0.1, 0.15) is 0 Å². The normalized spacial score (nSPS) is 17.9. The Morgan fingerprint density at radius 1 is 0.926 bits per heavy atom. The maximum Gasteiger partial charge on any atom is 0.261 e. The Labute approximate surface area is 158 Å². The van der Waals surface area contributed by atoms with E-state index in [4.69, 9.17) is 0 Å². The second-order valence-corrected chi connectivity index (χ2v) is 7.48. The van der Waals surface area contributed by atoms with Crippen LogP contribution in [0.3, 0.4) is 0 Å². The van der Waals surface area contributed by atoms with Crippen LogP contribution in [-0.2, 0) is 4.79 Å². The Morgan fingerprint density at radius 2 is 1.52 bits per heavy atom. The molecule has 1 aliphatic carbocycles. The van der Waals surface area contributed by atoms with Gasteiger partial charge in [0.05, 0.1) is 0 Å². The van der Waals surface area contributed by atoms with Crippen LogP contribution in [0.25, 0.3) is 10.8 Å². The number of carbonyl (C=O) groups is 3. The maximum absolute atomic E-state index is 12.8. The van der Waals surface area contributed by atoms with Crippen LogP contribution in [0.2, 0.25) is 0 Å². The zero-order valence-corrected chi connectivity index (χ0v) is 15.4. The van der Waals surface area contributed by atoms with E-state index in [1.54, 1.807) is 12.1 Å². The molecule has 0 aromatic heterocycles. The smallest absolute Gasteiger partial charge is 0.261 e. The van der Waals surface area contributed by atoms with Crippen molar-refractivity contribution in [2.75, 3.05) is 6.54 Å². The molecule has 0 spiro atoms. The first kappa shape index (κ1) is 17.7. The summed E-state index contributed by atoms with van der Waals surface area (Å²) in [5.41, 5.74) is 1.07. The molecule has 140 valence electrons. The summed E-state index contributed by atoms with van der Waals surface area (Å²) in [5.74, 6) is -0.710. The molecule has 1 heterocycles. The standard InChI is InChI=1S/C22H24N2O3/c25-19(23-16-9-3-1-2-4-10-16)13-14-24-21(26)17-11-5-7-15-8-6-12-18(20(15)17)22(24)27/h5-8,11-12,16H,1-4,9-10,13-14H2,(H,23,25). The molecule has 0 unspecified atom stereocenters. The van der Waals surface area contributed by atoms with Gasteiger partial charge in [0.25, 0.3) is 11.8 Å². The number of carbonyl (C=O) groups excluding carboxylic acids is 3. The SMILES string of the molecule is O=C(CCN1C(=O)c2cccc3cccc(c23)C1=O)NC1CCCCCC1. The van der Waals surface area contributed by atoms with Crippen molar-refractivity contribution >= 4 is 28.5 Å². The zero-order valence-electron chi connectivity index (χ0n) is 15.4. The van der Waals surface area contributed by atoms with E-state index in [1.807, 2.05) is 24.3 Å². The van der Waals surface area contributed by atoms with E-state index in [2.05, 4.69) is 5.32 Å². The molecular weight excluding hydrogens is 340 g/mol. The fourth-order valence-electron chi connectivity index (χ4n) is 4.22. The van der Waals surface area contributed by atoms with Crippen molar-refractivity contribution in [2.45, 2.75) is 51.0 Å². The van der Waals surface area contributed by atoms with Crippen molar-refractivity contribution in [3.8, 4) is 0 Å². The predicted molar refractivity (Wildman–Crippen MR) is 104 cm³/mol. The molecule has 0 atom stereocenters. The highest BCUT2D eigenvalue weighted by Crippen LogP contribution is 2.30. The Morgan fingerprint density at radius 3 is 2.11 bits per heavy atom. The molecule has 2 aliphatic rings. The highest BCUT2D eigenvalue weighted by Gasteiger charge is 2.32. The van der Waals surface area contributed by atoms with Crippen molar-refractivity contribution in [3.05, 3.63) is 47.5 Å². The maximum atomic E-state index is 12.8. The van der Waals surface area contributed by atoms with E-state index in [9.17, 15) is 14.4 Å². The van der Waals surface area contributed by atoms with E-state index in [-0.39, 0.29) is 36.7 Å². The number of imide groups is 1. The molecular formula is C22H24N2O3. The van der Waals surface area contributed by atoms with Gasteiger partial charge in [-0.15, -0.1) is 0 Å². The number of benzene rings is 2. The summed E-state index contributed by atoms with van der Waals surface area (Å²) in [7, 11) is 0. The monoisotopic (exact) mass is 364 g/mol. The zero-order chi connectivity index (χ0) is 18.8. The molecule has 0 bridgehead atoms. The summed E-state index contributed by atoms with van der Waals surface area (Å²) in [4.78, 5) is 39.2. The summed E-state index contributed by atoms with van der Waals surface area (Å²) in [5, 5.41) is 4.68. The molecule has 1 fully saturated rings. The first-order valence-corrected chi connectivity index (χ1v) is 9.82. The van der Waals surface area contributed by atoms with Crippen molar-refractivity contribution in [1.29, 1.82) is 0 Å². The van der Waals surface area contributed by atoms with Gasteiger partial charge in [0.2, 0.25) is 5.91 Å². The second kappa shape index (κ2) is 7.51. The molecule has 2 aromatic rings. The molecule has 2 aromatic carbocycles. The van der Waals surface area contributed by atoms with Crippen LogP contribution in [0.15, 0.2) is 36.4 Å². The van der Waals surface area contributed by atoms with Gasteiger partial charge in [0, 0.05) is 35.5 Å². The summed E-state index contributed by atoms with van der Waals surface area (Å²) < 4.78 is 0. The number of hydrogen-bond acceptors (Lipinski definition) is 3. The average molecular weight is 364 g/mol. The minimum atomic E-state index is -0.313.